The minimum absolute atomic E-state index is 0.362. The second-order valence-electron chi connectivity index (χ2n) is 6.87. The zero-order valence-corrected chi connectivity index (χ0v) is 14.8. The fraction of sp³-hybridized carbons (Fsp3) is 0. The average Bonchev–Trinajstić information content (AvgIpc) is 3.33. The Morgan fingerprint density at radius 3 is 2.11 bits per heavy atom. The molecule has 0 unspecified atom stereocenters. The topological polar surface area (TPSA) is 155 Å². The molecule has 5 heterocycles. The van der Waals surface area contributed by atoms with Gasteiger partial charge >= 0.3 is 0 Å². The van der Waals surface area contributed by atoms with Crippen LogP contribution >= 0.6 is 0 Å². The molecule has 0 spiro atoms. The highest BCUT2D eigenvalue weighted by Gasteiger charge is 2.18. The molecule has 0 atom stereocenters. The summed E-state index contributed by atoms with van der Waals surface area (Å²) in [7, 11) is 0. The van der Waals surface area contributed by atoms with Crippen LogP contribution in [0.5, 0.6) is 0 Å². The molecule has 0 saturated carbocycles. The zero-order chi connectivity index (χ0) is 19.4. The summed E-state index contributed by atoms with van der Waals surface area (Å²) >= 11 is 0. The third-order valence-corrected chi connectivity index (χ3v) is 4.74. The summed E-state index contributed by atoms with van der Waals surface area (Å²) in [5, 5.41) is 24.4. The number of rotatable bonds is 0. The Bertz CT molecular complexity index is 1310. The normalized spacial score (nSPS) is 17.6. The number of allylic oxidation sites excluding steroid dienone is 4. The second-order valence-corrected chi connectivity index (χ2v) is 6.87. The van der Waals surface area contributed by atoms with Gasteiger partial charge in [-0.05, 0) is 48.6 Å². The molecule has 0 amide bonds. The van der Waals surface area contributed by atoms with E-state index in [4.69, 9.17) is 22.3 Å². The molecule has 2 aromatic heterocycles. The van der Waals surface area contributed by atoms with Gasteiger partial charge in [0.15, 0.2) is 0 Å². The monoisotopic (exact) mass is 370 g/mol. The lowest BCUT2D eigenvalue weighted by Gasteiger charge is -2.05. The van der Waals surface area contributed by atoms with E-state index < -0.39 is 0 Å². The minimum Gasteiger partial charge on any atom is -0.397 e. The third-order valence-electron chi connectivity index (χ3n) is 4.74. The predicted molar refractivity (Wildman–Crippen MR) is 112 cm³/mol. The number of nitrogen functional groups attached to an aromatic ring is 2. The minimum atomic E-state index is 0.362. The Morgan fingerprint density at radius 1 is 0.679 bits per heavy atom. The predicted octanol–water partition coefficient (Wildman–Crippen LogP) is 0.369. The molecule has 3 aliphatic heterocycles. The van der Waals surface area contributed by atoms with E-state index >= 15 is 0 Å². The molecule has 8 nitrogen and oxygen atoms in total. The number of anilines is 2. The molecule has 8 heteroatoms. The first-order chi connectivity index (χ1) is 13.4. The molecule has 0 radical (unpaired) electrons. The lowest BCUT2D eigenvalue weighted by molar-refractivity contribution is 1.06. The molecule has 8 bridgehead atoms. The Morgan fingerprint density at radius 2 is 1.36 bits per heavy atom. The fourth-order valence-corrected chi connectivity index (χ4v) is 3.40. The van der Waals surface area contributed by atoms with Crippen LogP contribution in [0.4, 0.5) is 11.4 Å². The first kappa shape index (κ1) is 16.0. The van der Waals surface area contributed by atoms with Crippen molar-refractivity contribution in [2.24, 2.45) is 0 Å². The van der Waals surface area contributed by atoms with Crippen LogP contribution in [0.1, 0.15) is 11.4 Å². The summed E-state index contributed by atoms with van der Waals surface area (Å²) in [6.45, 7) is 0. The maximum absolute atomic E-state index is 8.21. The van der Waals surface area contributed by atoms with Crippen LogP contribution in [0.2, 0.25) is 0 Å². The second kappa shape index (κ2) is 5.65. The van der Waals surface area contributed by atoms with Crippen LogP contribution in [-0.2, 0) is 0 Å². The highest BCUT2D eigenvalue weighted by atomic mass is 15.0. The molecule has 2 aromatic rings. The van der Waals surface area contributed by atoms with Crippen LogP contribution in [0.15, 0.2) is 53.1 Å². The molecule has 0 aromatic carbocycles. The molecule has 0 saturated heterocycles. The van der Waals surface area contributed by atoms with E-state index in [2.05, 4.69) is 20.6 Å². The van der Waals surface area contributed by atoms with Crippen molar-refractivity contribution in [3.8, 4) is 0 Å². The maximum atomic E-state index is 8.21. The molecule has 10 N–H and O–H groups in total. The van der Waals surface area contributed by atoms with E-state index in [0.29, 0.717) is 34.2 Å². The number of H-pyrrole nitrogens is 2. The van der Waals surface area contributed by atoms with Crippen LogP contribution in [0, 0.1) is 10.8 Å². The van der Waals surface area contributed by atoms with Crippen molar-refractivity contribution >= 4 is 41.0 Å². The molecule has 28 heavy (non-hydrogen) atoms. The SMILES string of the molecule is N=C1C=C2C=c3[nH]c(cc3N)=Cc3[nH]c(cc3N)C=C3NC(=CC3=N)C=C1N2. The van der Waals surface area contributed by atoms with Gasteiger partial charge in [0.2, 0.25) is 0 Å². The highest BCUT2D eigenvalue weighted by molar-refractivity contribution is 6.13. The number of aromatic nitrogens is 2. The number of hydrogen-bond donors (Lipinski definition) is 8. The van der Waals surface area contributed by atoms with E-state index in [-0.39, 0.29) is 0 Å². The van der Waals surface area contributed by atoms with Gasteiger partial charge in [0.25, 0.3) is 0 Å². The van der Waals surface area contributed by atoms with Crippen LogP contribution in [-0.4, -0.2) is 21.4 Å². The molecule has 3 aliphatic rings. The van der Waals surface area contributed by atoms with Crippen molar-refractivity contribution in [3.63, 3.8) is 0 Å². The average molecular weight is 370 g/mol. The molecule has 0 fully saturated rings. The first-order valence-electron chi connectivity index (χ1n) is 8.70. The maximum Gasteiger partial charge on any atom is 0.0796 e. The Balaban J connectivity index is 1.73. The van der Waals surface area contributed by atoms with Gasteiger partial charge < -0.3 is 32.1 Å². The van der Waals surface area contributed by atoms with Crippen molar-refractivity contribution in [1.82, 2.24) is 20.6 Å². The van der Waals surface area contributed by atoms with Gasteiger partial charge in [0.05, 0.1) is 45.2 Å². The number of nitrogens with two attached hydrogens (primary N) is 2. The van der Waals surface area contributed by atoms with Gasteiger partial charge in [-0.3, -0.25) is 10.8 Å². The largest absolute Gasteiger partial charge is 0.397 e. The fourth-order valence-electron chi connectivity index (χ4n) is 3.40. The summed E-state index contributed by atoms with van der Waals surface area (Å²) in [5.74, 6) is 0. The van der Waals surface area contributed by atoms with Crippen LogP contribution in [0.25, 0.3) is 18.2 Å². The smallest absolute Gasteiger partial charge is 0.0796 e. The van der Waals surface area contributed by atoms with E-state index in [9.17, 15) is 0 Å². The number of nitrogens with one attached hydrogen (secondary N) is 6. The van der Waals surface area contributed by atoms with Crippen molar-refractivity contribution in [2.45, 2.75) is 0 Å². The third kappa shape index (κ3) is 2.64. The highest BCUT2D eigenvalue weighted by Crippen LogP contribution is 2.20. The summed E-state index contributed by atoms with van der Waals surface area (Å²) < 4.78 is 0. The van der Waals surface area contributed by atoms with Crippen molar-refractivity contribution < 1.29 is 0 Å². The zero-order valence-electron chi connectivity index (χ0n) is 14.8. The summed E-state index contributed by atoms with van der Waals surface area (Å²) in [6, 6.07) is 3.66. The molecular formula is C20H18N8. The molecule has 0 aliphatic carbocycles. The van der Waals surface area contributed by atoms with Crippen molar-refractivity contribution in [1.29, 1.82) is 10.8 Å². The Kier molecular flexibility index (Phi) is 3.23. The Labute approximate surface area is 159 Å². The summed E-state index contributed by atoms with van der Waals surface area (Å²) in [5.41, 5.74) is 18.6. The van der Waals surface area contributed by atoms with Gasteiger partial charge in [-0.2, -0.15) is 0 Å². The van der Waals surface area contributed by atoms with E-state index in [1.165, 1.54) is 0 Å². The standard InChI is InChI=1S/C20H18N8/c21-13-1-9-5-18-14(22)3-11(26-18)7-20-16(24)4-12(28-20)8-19-15(23)2-10(27-19)6-17(13)25-9/h1-8,21-22,25-28H,23-24H2. The lowest BCUT2D eigenvalue weighted by Crippen LogP contribution is -2.16. The van der Waals surface area contributed by atoms with Gasteiger partial charge in [0.1, 0.15) is 0 Å². The summed E-state index contributed by atoms with van der Waals surface area (Å²) in [4.78, 5) is 6.53. The summed E-state index contributed by atoms with van der Waals surface area (Å²) in [6.07, 6.45) is 10.9. The molecule has 138 valence electrons. The van der Waals surface area contributed by atoms with Gasteiger partial charge in [-0.15, -0.1) is 0 Å². The Hall–Kier alpha value is -4.20. The number of aromatic amines is 2. The van der Waals surface area contributed by atoms with E-state index in [1.807, 2.05) is 36.4 Å². The van der Waals surface area contributed by atoms with Gasteiger partial charge in [-0.25, -0.2) is 0 Å². The van der Waals surface area contributed by atoms with Crippen molar-refractivity contribution in [2.75, 3.05) is 11.5 Å². The van der Waals surface area contributed by atoms with Gasteiger partial charge in [0, 0.05) is 22.4 Å². The molecular weight excluding hydrogens is 352 g/mol. The van der Waals surface area contributed by atoms with Gasteiger partial charge in [-0.1, -0.05) is 0 Å². The van der Waals surface area contributed by atoms with Crippen LogP contribution < -0.4 is 32.8 Å². The van der Waals surface area contributed by atoms with Crippen LogP contribution in [0.3, 0.4) is 0 Å². The number of hydrogen-bond acceptors (Lipinski definition) is 6. The molecule has 5 rings (SSSR count). The lowest BCUT2D eigenvalue weighted by atomic mass is 10.2. The quantitative estimate of drug-likeness (QED) is 0.337. The number of fused-ring (bicyclic) bond motifs is 8. The van der Waals surface area contributed by atoms with E-state index in [0.717, 1.165) is 33.5 Å². The van der Waals surface area contributed by atoms with E-state index in [1.54, 1.807) is 12.2 Å². The van der Waals surface area contributed by atoms with Crippen molar-refractivity contribution in [3.05, 3.63) is 75.2 Å². The first-order valence-corrected chi connectivity index (χ1v) is 8.70.